The molecule has 3 aromatic rings. The van der Waals surface area contributed by atoms with Gasteiger partial charge in [-0.2, -0.15) is 15.2 Å². The summed E-state index contributed by atoms with van der Waals surface area (Å²) in [5.41, 5.74) is 2.08. The van der Waals surface area contributed by atoms with Gasteiger partial charge in [-0.15, -0.1) is 0 Å². The number of likely N-dealkylation sites (N-methyl/N-ethyl adjacent to an activating group) is 1. The van der Waals surface area contributed by atoms with Gasteiger partial charge in [0.2, 0.25) is 0 Å². The average Bonchev–Trinajstić information content (AvgIpc) is 3.43. The van der Waals surface area contributed by atoms with E-state index in [-0.39, 0.29) is 6.04 Å². The summed E-state index contributed by atoms with van der Waals surface area (Å²) in [7, 11) is 2.14. The van der Waals surface area contributed by atoms with Gasteiger partial charge in [-0.25, -0.2) is 4.98 Å². The van der Waals surface area contributed by atoms with E-state index in [1.54, 1.807) is 0 Å². The lowest BCUT2D eigenvalue weighted by Gasteiger charge is -2.43. The Balaban J connectivity index is 1.32. The van der Waals surface area contributed by atoms with Crippen LogP contribution in [0.1, 0.15) is 30.5 Å². The fourth-order valence-electron chi connectivity index (χ4n) is 6.44. The van der Waals surface area contributed by atoms with Gasteiger partial charge >= 0.3 is 6.01 Å². The molecule has 10 heteroatoms. The number of rotatable bonds is 8. The van der Waals surface area contributed by atoms with Gasteiger partial charge in [0.1, 0.15) is 24.5 Å². The van der Waals surface area contributed by atoms with E-state index in [1.165, 1.54) is 17.9 Å². The molecule has 1 aromatic carbocycles. The highest BCUT2D eigenvalue weighted by molar-refractivity contribution is 5.92. The molecule has 10 nitrogen and oxygen atoms in total. The standard InChI is InChI=1S/C31H38N8O2/c1-3-28(40)39-18-17-38(19-23(39)10-13-32)30-26-12-16-37(29-25-9-5-4-7-22(25)11-14-33-29)20-27(26)34-31(35-30)41-21-24-8-6-15-36(24)2/h3-5,7,9,11,14,23-24,28,40H,1,6,8,10,12,15-21H2,2H3/t23?,24-,28?/m0/s1. The number of pyridine rings is 1. The molecule has 41 heavy (non-hydrogen) atoms. The van der Waals surface area contributed by atoms with Crippen LogP contribution in [0.3, 0.4) is 0 Å². The molecule has 2 saturated heterocycles. The van der Waals surface area contributed by atoms with Crippen molar-refractivity contribution in [2.24, 2.45) is 0 Å². The Labute approximate surface area is 241 Å². The molecule has 6 rings (SSSR count). The molecule has 0 radical (unpaired) electrons. The number of fused-ring (bicyclic) bond motifs is 2. The Kier molecular flexibility index (Phi) is 8.01. The number of likely N-dealkylation sites (tertiary alicyclic amines) is 1. The third-order valence-electron chi connectivity index (χ3n) is 8.76. The van der Waals surface area contributed by atoms with Crippen molar-refractivity contribution >= 4 is 22.4 Å². The third-order valence-corrected chi connectivity index (χ3v) is 8.76. The fraction of sp³-hybridized carbons (Fsp3) is 0.484. The molecule has 2 fully saturated rings. The summed E-state index contributed by atoms with van der Waals surface area (Å²) in [6, 6.07) is 13.3. The van der Waals surface area contributed by atoms with Crippen molar-refractivity contribution in [1.82, 2.24) is 24.8 Å². The van der Waals surface area contributed by atoms with Gasteiger partial charge in [-0.3, -0.25) is 4.90 Å². The Bertz CT molecular complexity index is 1440. The molecule has 0 saturated carbocycles. The summed E-state index contributed by atoms with van der Waals surface area (Å²) >= 11 is 0. The van der Waals surface area contributed by atoms with E-state index >= 15 is 0 Å². The molecular weight excluding hydrogens is 516 g/mol. The van der Waals surface area contributed by atoms with Gasteiger partial charge in [0, 0.05) is 55.4 Å². The van der Waals surface area contributed by atoms with E-state index in [0.29, 0.717) is 51.3 Å². The van der Waals surface area contributed by atoms with Crippen LogP contribution in [0.25, 0.3) is 10.8 Å². The summed E-state index contributed by atoms with van der Waals surface area (Å²) in [5, 5.41) is 22.3. The van der Waals surface area contributed by atoms with Gasteiger partial charge in [-0.05, 0) is 50.4 Å². The fourth-order valence-corrected chi connectivity index (χ4v) is 6.44. The maximum Gasteiger partial charge on any atom is 0.318 e. The van der Waals surface area contributed by atoms with Crippen molar-refractivity contribution < 1.29 is 9.84 Å². The number of aromatic nitrogens is 3. The van der Waals surface area contributed by atoms with E-state index in [4.69, 9.17) is 19.7 Å². The number of anilines is 2. The minimum absolute atomic E-state index is 0.135. The smallest absolute Gasteiger partial charge is 0.318 e. The maximum atomic E-state index is 10.5. The number of aliphatic hydroxyl groups is 1. The number of piperazine rings is 1. The maximum absolute atomic E-state index is 10.5. The van der Waals surface area contributed by atoms with E-state index in [9.17, 15) is 10.4 Å². The number of nitrogens with zero attached hydrogens (tertiary/aromatic N) is 8. The highest BCUT2D eigenvalue weighted by atomic mass is 16.5. The van der Waals surface area contributed by atoms with Gasteiger partial charge in [0.05, 0.1) is 24.7 Å². The van der Waals surface area contributed by atoms with Crippen molar-refractivity contribution in [3.05, 3.63) is 60.4 Å². The molecule has 0 bridgehead atoms. The first-order chi connectivity index (χ1) is 20.1. The normalized spacial score (nSPS) is 22.4. The van der Waals surface area contributed by atoms with E-state index in [2.05, 4.69) is 58.7 Å². The van der Waals surface area contributed by atoms with E-state index in [1.807, 2.05) is 17.2 Å². The largest absolute Gasteiger partial charge is 0.462 e. The SMILES string of the molecule is C=CC(O)N1CCN(c2nc(OC[C@@H]3CCCN3C)nc3c2CCN(c2nccc4ccccc24)C3)CC1CC#N. The number of nitriles is 1. The molecule has 2 aromatic heterocycles. The van der Waals surface area contributed by atoms with Crippen molar-refractivity contribution in [3.8, 4) is 12.1 Å². The Hall–Kier alpha value is -3.78. The first-order valence-electron chi connectivity index (χ1n) is 14.6. The molecule has 0 amide bonds. The minimum Gasteiger partial charge on any atom is -0.462 e. The lowest BCUT2D eigenvalue weighted by Crippen LogP contribution is -2.56. The van der Waals surface area contributed by atoms with Gasteiger partial charge in [0.15, 0.2) is 0 Å². The molecule has 2 unspecified atom stereocenters. The molecule has 1 N–H and O–H groups in total. The van der Waals surface area contributed by atoms with Crippen LogP contribution in [0.5, 0.6) is 6.01 Å². The van der Waals surface area contributed by atoms with Gasteiger partial charge < -0.3 is 24.5 Å². The zero-order valence-corrected chi connectivity index (χ0v) is 23.7. The van der Waals surface area contributed by atoms with Crippen LogP contribution in [0, 0.1) is 11.3 Å². The zero-order chi connectivity index (χ0) is 28.3. The Morgan fingerprint density at radius 3 is 2.80 bits per heavy atom. The van der Waals surface area contributed by atoms with Crippen LogP contribution in [0.4, 0.5) is 11.6 Å². The monoisotopic (exact) mass is 554 g/mol. The molecule has 0 spiro atoms. The molecule has 3 aliphatic rings. The first kappa shape index (κ1) is 27.4. The molecule has 3 aliphatic heterocycles. The second kappa shape index (κ2) is 12.0. The van der Waals surface area contributed by atoms with Crippen molar-refractivity contribution in [2.75, 3.05) is 56.2 Å². The molecular formula is C31H38N8O2. The third kappa shape index (κ3) is 5.58. The highest BCUT2D eigenvalue weighted by Crippen LogP contribution is 2.34. The number of ether oxygens (including phenoxy) is 1. The van der Waals surface area contributed by atoms with Crippen LogP contribution < -0.4 is 14.5 Å². The number of aliphatic hydroxyl groups excluding tert-OH is 1. The minimum atomic E-state index is -0.779. The summed E-state index contributed by atoms with van der Waals surface area (Å²) < 4.78 is 6.28. The lowest BCUT2D eigenvalue weighted by atomic mass is 10.0. The van der Waals surface area contributed by atoms with Crippen LogP contribution in [0.2, 0.25) is 0 Å². The lowest BCUT2D eigenvalue weighted by molar-refractivity contribution is 0.00431. The summed E-state index contributed by atoms with van der Waals surface area (Å²) in [5.74, 6) is 1.84. The van der Waals surface area contributed by atoms with E-state index < -0.39 is 6.23 Å². The molecule has 5 heterocycles. The van der Waals surface area contributed by atoms with Crippen LogP contribution >= 0.6 is 0 Å². The topological polar surface area (TPSA) is 105 Å². The Morgan fingerprint density at radius 2 is 2.00 bits per heavy atom. The first-order valence-corrected chi connectivity index (χ1v) is 14.6. The molecule has 0 aliphatic carbocycles. The van der Waals surface area contributed by atoms with Crippen LogP contribution in [-0.4, -0.2) is 94.5 Å². The predicted molar refractivity (Wildman–Crippen MR) is 159 cm³/mol. The molecule has 3 atom stereocenters. The average molecular weight is 555 g/mol. The summed E-state index contributed by atoms with van der Waals surface area (Å²) in [6.07, 6.45) is 5.99. The second-order valence-electron chi connectivity index (χ2n) is 11.2. The zero-order valence-electron chi connectivity index (χ0n) is 23.7. The summed E-state index contributed by atoms with van der Waals surface area (Å²) in [6.45, 7) is 8.66. The van der Waals surface area contributed by atoms with Crippen LogP contribution in [0.15, 0.2) is 49.2 Å². The Morgan fingerprint density at radius 1 is 1.12 bits per heavy atom. The van der Waals surface area contributed by atoms with E-state index in [0.717, 1.165) is 54.2 Å². The number of benzene rings is 1. The van der Waals surface area contributed by atoms with Crippen LogP contribution in [-0.2, 0) is 13.0 Å². The van der Waals surface area contributed by atoms with Crippen molar-refractivity contribution in [3.63, 3.8) is 0 Å². The second-order valence-corrected chi connectivity index (χ2v) is 11.2. The summed E-state index contributed by atoms with van der Waals surface area (Å²) in [4.78, 5) is 23.5. The van der Waals surface area contributed by atoms with Crippen molar-refractivity contribution in [2.45, 2.75) is 50.5 Å². The van der Waals surface area contributed by atoms with Crippen molar-refractivity contribution in [1.29, 1.82) is 5.26 Å². The van der Waals surface area contributed by atoms with Gasteiger partial charge in [-0.1, -0.05) is 30.8 Å². The molecule has 214 valence electrons. The number of hydrogen-bond acceptors (Lipinski definition) is 10. The highest BCUT2D eigenvalue weighted by Gasteiger charge is 2.34. The predicted octanol–water partition coefficient (Wildman–Crippen LogP) is 2.97. The quantitative estimate of drug-likeness (QED) is 0.418. The van der Waals surface area contributed by atoms with Gasteiger partial charge in [0.25, 0.3) is 0 Å². The number of hydrogen-bond donors (Lipinski definition) is 1.